The Balaban J connectivity index is 1.95. The number of carbonyl (C=O) groups excluding carboxylic acids is 2. The van der Waals surface area contributed by atoms with Crippen molar-refractivity contribution in [1.29, 1.82) is 0 Å². The number of benzene rings is 1. The van der Waals surface area contributed by atoms with Crippen LogP contribution in [0.25, 0.3) is 0 Å². The number of rotatable bonds is 8. The van der Waals surface area contributed by atoms with Crippen LogP contribution >= 0.6 is 22.6 Å². The van der Waals surface area contributed by atoms with E-state index < -0.39 is 0 Å². The Hall–Kier alpha value is -1.11. The predicted molar refractivity (Wildman–Crippen MR) is 130 cm³/mol. The lowest BCUT2D eigenvalue weighted by Gasteiger charge is -2.43. The van der Waals surface area contributed by atoms with Crippen LogP contribution in [0.2, 0.25) is 0 Å². The highest BCUT2D eigenvalue weighted by Gasteiger charge is 2.41. The van der Waals surface area contributed by atoms with Gasteiger partial charge in [0, 0.05) is 16.2 Å². The Bertz CT molecular complexity index is 696. The quantitative estimate of drug-likeness (QED) is 0.339. The average Bonchev–Trinajstić information content (AvgIpc) is 2.78. The van der Waals surface area contributed by atoms with Gasteiger partial charge in [0.05, 0.1) is 5.56 Å². The first-order chi connectivity index (χ1) is 14.6. The number of nitrogens with zero attached hydrogens (tertiary/aromatic N) is 1. The third-order valence-electron chi connectivity index (χ3n) is 6.80. The second-order valence-corrected chi connectivity index (χ2v) is 10.1. The molecule has 0 aliphatic heterocycles. The molecular formula is C25H37IN2O2. The molecule has 0 spiro atoms. The first-order valence-electron chi connectivity index (χ1n) is 12.0. The van der Waals surface area contributed by atoms with Crippen LogP contribution in [-0.2, 0) is 4.79 Å². The molecule has 2 saturated carbocycles. The first-order valence-corrected chi connectivity index (χ1v) is 13.1. The average molecular weight is 524 g/mol. The van der Waals surface area contributed by atoms with Gasteiger partial charge in [-0.15, -0.1) is 0 Å². The zero-order valence-electron chi connectivity index (χ0n) is 18.4. The van der Waals surface area contributed by atoms with Gasteiger partial charge < -0.3 is 10.2 Å². The molecule has 0 bridgehead atoms. The number of carbonyl (C=O) groups is 2. The van der Waals surface area contributed by atoms with E-state index in [4.69, 9.17) is 0 Å². The molecule has 2 fully saturated rings. The lowest BCUT2D eigenvalue weighted by molar-refractivity contribution is -0.129. The van der Waals surface area contributed by atoms with Crippen molar-refractivity contribution >= 4 is 34.4 Å². The Morgan fingerprint density at radius 2 is 1.67 bits per heavy atom. The number of amides is 2. The van der Waals surface area contributed by atoms with Gasteiger partial charge in [-0.1, -0.05) is 64.0 Å². The lowest BCUT2D eigenvalue weighted by Crippen LogP contribution is -2.58. The summed E-state index contributed by atoms with van der Waals surface area (Å²) in [7, 11) is 0. The molecule has 0 saturated heterocycles. The maximum atomic E-state index is 13.9. The third-order valence-corrected chi connectivity index (χ3v) is 7.74. The van der Waals surface area contributed by atoms with Crippen LogP contribution in [0.4, 0.5) is 0 Å². The van der Waals surface area contributed by atoms with Crippen molar-refractivity contribution in [2.75, 3.05) is 6.54 Å². The highest BCUT2D eigenvalue weighted by Crippen LogP contribution is 2.34. The van der Waals surface area contributed by atoms with E-state index >= 15 is 0 Å². The molecule has 1 atom stereocenters. The highest BCUT2D eigenvalue weighted by atomic mass is 127. The molecule has 0 radical (unpaired) electrons. The minimum Gasteiger partial charge on any atom is -0.354 e. The summed E-state index contributed by atoms with van der Waals surface area (Å²) in [6, 6.07) is 7.65. The van der Waals surface area contributed by atoms with Crippen LogP contribution < -0.4 is 5.32 Å². The molecule has 2 amide bonds. The number of nitrogens with one attached hydrogen (secondary N) is 1. The predicted octanol–water partition coefficient (Wildman–Crippen LogP) is 5.93. The smallest absolute Gasteiger partial charge is 0.255 e. The molecule has 30 heavy (non-hydrogen) atoms. The number of halogens is 1. The van der Waals surface area contributed by atoms with E-state index in [1.54, 1.807) is 0 Å². The van der Waals surface area contributed by atoms with Crippen molar-refractivity contribution in [1.82, 2.24) is 10.2 Å². The maximum absolute atomic E-state index is 13.9. The molecule has 3 rings (SSSR count). The Morgan fingerprint density at radius 3 is 2.30 bits per heavy atom. The van der Waals surface area contributed by atoms with Crippen molar-refractivity contribution in [3.8, 4) is 0 Å². The third kappa shape index (κ3) is 5.98. The normalized spacial score (nSPS) is 19.3. The first kappa shape index (κ1) is 23.6. The fourth-order valence-corrected chi connectivity index (χ4v) is 5.78. The molecule has 0 heterocycles. The highest BCUT2D eigenvalue weighted by molar-refractivity contribution is 14.1. The van der Waals surface area contributed by atoms with Crippen molar-refractivity contribution < 1.29 is 9.59 Å². The molecule has 166 valence electrons. The fraction of sp³-hybridized carbons (Fsp3) is 0.680. The molecule has 1 aromatic rings. The monoisotopic (exact) mass is 524 g/mol. The van der Waals surface area contributed by atoms with Gasteiger partial charge in [-0.3, -0.25) is 9.59 Å². The minimum absolute atomic E-state index is 0.0492. The summed E-state index contributed by atoms with van der Waals surface area (Å²) in [5.74, 6) is 0.390. The SMILES string of the molecule is CCCCNC(=O)C(C1CCCCC1)N(C(=O)c1ccccc1I)C1CCCCC1. The fourth-order valence-electron chi connectivity index (χ4n) is 5.16. The summed E-state index contributed by atoms with van der Waals surface area (Å²) >= 11 is 2.25. The van der Waals surface area contributed by atoms with Gasteiger partial charge in [0.2, 0.25) is 5.91 Å². The van der Waals surface area contributed by atoms with Gasteiger partial charge >= 0.3 is 0 Å². The van der Waals surface area contributed by atoms with Crippen molar-refractivity contribution in [3.63, 3.8) is 0 Å². The lowest BCUT2D eigenvalue weighted by atomic mass is 9.81. The van der Waals surface area contributed by atoms with E-state index in [9.17, 15) is 9.59 Å². The minimum atomic E-state index is -0.339. The van der Waals surface area contributed by atoms with Crippen LogP contribution in [0.5, 0.6) is 0 Å². The van der Waals surface area contributed by atoms with Gasteiger partial charge in [0.1, 0.15) is 6.04 Å². The second kappa shape index (κ2) is 12.1. The van der Waals surface area contributed by atoms with Crippen LogP contribution in [0.3, 0.4) is 0 Å². The van der Waals surface area contributed by atoms with E-state index in [1.807, 2.05) is 29.2 Å². The zero-order valence-corrected chi connectivity index (χ0v) is 20.5. The summed E-state index contributed by atoms with van der Waals surface area (Å²) < 4.78 is 0.967. The molecule has 2 aliphatic carbocycles. The number of hydrogen-bond donors (Lipinski definition) is 1. The Labute approximate surface area is 195 Å². The summed E-state index contributed by atoms with van der Waals surface area (Å²) in [5, 5.41) is 3.19. The van der Waals surface area contributed by atoms with Gasteiger partial charge in [-0.05, 0) is 72.7 Å². The van der Waals surface area contributed by atoms with Crippen molar-refractivity contribution in [2.24, 2.45) is 5.92 Å². The molecular weight excluding hydrogens is 487 g/mol. The Morgan fingerprint density at radius 1 is 1.03 bits per heavy atom. The van der Waals surface area contributed by atoms with E-state index in [1.165, 1.54) is 25.7 Å². The summed E-state index contributed by atoms with van der Waals surface area (Å²) in [5.41, 5.74) is 0.742. The van der Waals surface area contributed by atoms with Crippen LogP contribution in [0.15, 0.2) is 24.3 Å². The molecule has 4 nitrogen and oxygen atoms in total. The molecule has 1 unspecified atom stereocenters. The summed E-state index contributed by atoms with van der Waals surface area (Å²) in [6.45, 7) is 2.84. The topological polar surface area (TPSA) is 49.4 Å². The van der Waals surface area contributed by atoms with E-state index in [-0.39, 0.29) is 29.8 Å². The summed E-state index contributed by atoms with van der Waals surface area (Å²) in [4.78, 5) is 29.5. The molecule has 2 aliphatic rings. The number of unbranched alkanes of at least 4 members (excludes halogenated alkanes) is 1. The van der Waals surface area contributed by atoms with Crippen LogP contribution in [0.1, 0.15) is 94.3 Å². The van der Waals surface area contributed by atoms with E-state index in [0.29, 0.717) is 6.54 Å². The van der Waals surface area contributed by atoms with Crippen molar-refractivity contribution in [2.45, 2.75) is 96.1 Å². The van der Waals surface area contributed by atoms with E-state index in [2.05, 4.69) is 34.8 Å². The Kier molecular flexibility index (Phi) is 9.47. The maximum Gasteiger partial charge on any atom is 0.255 e. The molecule has 0 aromatic heterocycles. The van der Waals surface area contributed by atoms with Crippen molar-refractivity contribution in [3.05, 3.63) is 33.4 Å². The van der Waals surface area contributed by atoms with Crippen LogP contribution in [0, 0.1) is 9.49 Å². The second-order valence-electron chi connectivity index (χ2n) is 8.97. The molecule has 5 heteroatoms. The molecule has 1 aromatic carbocycles. The van der Waals surface area contributed by atoms with Crippen LogP contribution in [-0.4, -0.2) is 35.3 Å². The van der Waals surface area contributed by atoms with Gasteiger partial charge in [0.15, 0.2) is 0 Å². The summed E-state index contributed by atoms with van der Waals surface area (Å²) in [6.07, 6.45) is 13.3. The van der Waals surface area contributed by atoms with Gasteiger partial charge in [-0.2, -0.15) is 0 Å². The zero-order chi connectivity index (χ0) is 21.3. The number of hydrogen-bond acceptors (Lipinski definition) is 2. The van der Waals surface area contributed by atoms with Gasteiger partial charge in [0.25, 0.3) is 5.91 Å². The van der Waals surface area contributed by atoms with E-state index in [0.717, 1.165) is 60.5 Å². The standard InChI is InChI=1S/C25H37IN2O2/c1-2-3-18-27-24(29)23(19-12-6-4-7-13-19)28(20-14-8-5-9-15-20)25(30)21-16-10-11-17-22(21)26/h10-11,16-17,19-20,23H,2-9,12-15,18H2,1H3,(H,27,29). The molecule has 1 N–H and O–H groups in total. The largest absolute Gasteiger partial charge is 0.354 e. The van der Waals surface area contributed by atoms with Gasteiger partial charge in [-0.25, -0.2) is 0 Å².